The van der Waals surface area contributed by atoms with Crippen LogP contribution in [-0.2, 0) is 11.2 Å². The number of halogens is 1. The van der Waals surface area contributed by atoms with Crippen LogP contribution in [0.1, 0.15) is 5.56 Å². The molecule has 0 amide bonds. The summed E-state index contributed by atoms with van der Waals surface area (Å²) in [4.78, 5) is 0. The highest BCUT2D eigenvalue weighted by Crippen LogP contribution is 2.23. The van der Waals surface area contributed by atoms with Gasteiger partial charge in [-0.1, -0.05) is 29.8 Å². The third kappa shape index (κ3) is 2.46. The Morgan fingerprint density at radius 1 is 1.36 bits per heavy atom. The zero-order chi connectivity index (χ0) is 9.80. The molecule has 0 bridgehead atoms. The highest BCUT2D eigenvalue weighted by molar-refractivity contribution is 8.02. The molecule has 1 aliphatic rings. The van der Waals surface area contributed by atoms with Crippen LogP contribution >= 0.6 is 23.4 Å². The Morgan fingerprint density at radius 2 is 2.21 bits per heavy atom. The number of thioether (sulfide) groups is 1. The van der Waals surface area contributed by atoms with E-state index in [9.17, 15) is 0 Å². The van der Waals surface area contributed by atoms with Gasteiger partial charge in [0, 0.05) is 22.6 Å². The van der Waals surface area contributed by atoms with E-state index in [0.717, 1.165) is 35.1 Å². The molecule has 1 aromatic carbocycles. The summed E-state index contributed by atoms with van der Waals surface area (Å²) in [6, 6.07) is 7.88. The summed E-state index contributed by atoms with van der Waals surface area (Å²) in [6.45, 7) is 0.807. The van der Waals surface area contributed by atoms with Gasteiger partial charge in [-0.3, -0.25) is 0 Å². The quantitative estimate of drug-likeness (QED) is 0.764. The van der Waals surface area contributed by atoms with Crippen molar-refractivity contribution < 1.29 is 4.74 Å². The molecule has 0 saturated carbocycles. The molecule has 0 fully saturated rings. The number of rotatable bonds is 2. The van der Waals surface area contributed by atoms with Crippen LogP contribution < -0.4 is 0 Å². The molecule has 2 rings (SSSR count). The maximum absolute atomic E-state index is 6.05. The largest absolute Gasteiger partial charge is 0.496 e. The SMILES string of the molecule is Clc1ccccc1CC1=CSCCO1. The van der Waals surface area contributed by atoms with E-state index in [1.807, 2.05) is 24.3 Å². The maximum atomic E-state index is 6.05. The molecule has 0 aliphatic carbocycles. The van der Waals surface area contributed by atoms with Crippen LogP contribution in [0.15, 0.2) is 35.4 Å². The zero-order valence-electron chi connectivity index (χ0n) is 7.70. The van der Waals surface area contributed by atoms with E-state index in [0.29, 0.717) is 0 Å². The summed E-state index contributed by atoms with van der Waals surface area (Å²) >= 11 is 7.85. The number of benzene rings is 1. The average Bonchev–Trinajstić information content (AvgIpc) is 2.23. The third-order valence-electron chi connectivity index (χ3n) is 2.03. The van der Waals surface area contributed by atoms with Gasteiger partial charge in [0.1, 0.15) is 5.76 Å². The van der Waals surface area contributed by atoms with E-state index in [4.69, 9.17) is 16.3 Å². The normalized spacial score (nSPS) is 15.9. The van der Waals surface area contributed by atoms with E-state index >= 15 is 0 Å². The monoisotopic (exact) mass is 226 g/mol. The molecule has 0 N–H and O–H groups in total. The van der Waals surface area contributed by atoms with Gasteiger partial charge >= 0.3 is 0 Å². The van der Waals surface area contributed by atoms with E-state index in [2.05, 4.69) is 5.41 Å². The standard InChI is InChI=1S/C11H11ClOS/c12-11-4-2-1-3-9(11)7-10-8-14-6-5-13-10/h1-4,8H,5-7H2. The third-order valence-corrected chi connectivity index (χ3v) is 3.23. The minimum atomic E-state index is 0.798. The molecule has 1 nitrogen and oxygen atoms in total. The first-order chi connectivity index (χ1) is 6.86. The van der Waals surface area contributed by atoms with E-state index in [1.165, 1.54) is 0 Å². The van der Waals surface area contributed by atoms with Gasteiger partial charge in [0.05, 0.1) is 6.61 Å². The molecule has 0 saturated heterocycles. The molecular weight excluding hydrogens is 216 g/mol. The Labute approximate surface area is 93.1 Å². The van der Waals surface area contributed by atoms with Gasteiger partial charge in [0.25, 0.3) is 0 Å². The Hall–Kier alpha value is -0.600. The fourth-order valence-electron chi connectivity index (χ4n) is 1.33. The minimum Gasteiger partial charge on any atom is -0.496 e. The van der Waals surface area contributed by atoms with Crippen molar-refractivity contribution in [2.75, 3.05) is 12.4 Å². The van der Waals surface area contributed by atoms with Gasteiger partial charge in [0.2, 0.25) is 0 Å². The molecule has 0 spiro atoms. The predicted molar refractivity (Wildman–Crippen MR) is 61.6 cm³/mol. The van der Waals surface area contributed by atoms with Crippen LogP contribution in [-0.4, -0.2) is 12.4 Å². The lowest BCUT2D eigenvalue weighted by atomic mass is 10.1. The second-order valence-corrected chi connectivity index (χ2v) is 4.46. The average molecular weight is 227 g/mol. The smallest absolute Gasteiger partial charge is 0.107 e. The Morgan fingerprint density at radius 3 is 2.93 bits per heavy atom. The van der Waals surface area contributed by atoms with E-state index in [-0.39, 0.29) is 0 Å². The van der Waals surface area contributed by atoms with Gasteiger partial charge in [-0.25, -0.2) is 0 Å². The zero-order valence-corrected chi connectivity index (χ0v) is 9.27. The van der Waals surface area contributed by atoms with Crippen LogP contribution in [0.5, 0.6) is 0 Å². The van der Waals surface area contributed by atoms with Crippen LogP contribution in [0.25, 0.3) is 0 Å². The van der Waals surface area contributed by atoms with Crippen molar-refractivity contribution >= 4 is 23.4 Å². The molecular formula is C11H11ClOS. The summed E-state index contributed by atoms with van der Waals surface area (Å²) in [7, 11) is 0. The first-order valence-corrected chi connectivity index (χ1v) is 5.96. The molecule has 0 radical (unpaired) electrons. The van der Waals surface area contributed by atoms with Crippen LogP contribution in [0, 0.1) is 0 Å². The lowest BCUT2D eigenvalue weighted by Gasteiger charge is -2.14. The molecule has 0 aromatic heterocycles. The van der Waals surface area contributed by atoms with Crippen molar-refractivity contribution in [2.45, 2.75) is 6.42 Å². The van der Waals surface area contributed by atoms with Gasteiger partial charge in [0.15, 0.2) is 0 Å². The minimum absolute atomic E-state index is 0.798. The molecule has 14 heavy (non-hydrogen) atoms. The van der Waals surface area contributed by atoms with Gasteiger partial charge in [-0.2, -0.15) is 0 Å². The number of allylic oxidation sites excluding steroid dienone is 1. The second-order valence-electron chi connectivity index (χ2n) is 3.07. The fraction of sp³-hybridized carbons (Fsp3) is 0.273. The van der Waals surface area contributed by atoms with Crippen LogP contribution in [0.3, 0.4) is 0 Å². The summed E-state index contributed by atoms with van der Waals surface area (Å²) in [6.07, 6.45) is 0.798. The van der Waals surface area contributed by atoms with Gasteiger partial charge < -0.3 is 4.74 Å². The highest BCUT2D eigenvalue weighted by atomic mass is 35.5. The molecule has 1 aromatic rings. The highest BCUT2D eigenvalue weighted by Gasteiger charge is 2.07. The number of ether oxygens (including phenoxy) is 1. The summed E-state index contributed by atoms with van der Waals surface area (Å²) in [5, 5.41) is 2.89. The van der Waals surface area contributed by atoms with Crippen molar-refractivity contribution in [3.63, 3.8) is 0 Å². The molecule has 74 valence electrons. The van der Waals surface area contributed by atoms with E-state index < -0.39 is 0 Å². The molecule has 1 heterocycles. The summed E-state index contributed by atoms with van der Waals surface area (Å²) < 4.78 is 5.52. The van der Waals surface area contributed by atoms with Crippen molar-refractivity contribution in [1.82, 2.24) is 0 Å². The van der Waals surface area contributed by atoms with Gasteiger partial charge in [-0.15, -0.1) is 11.8 Å². The van der Waals surface area contributed by atoms with Crippen molar-refractivity contribution in [3.8, 4) is 0 Å². The number of hydrogen-bond acceptors (Lipinski definition) is 2. The second kappa shape index (κ2) is 4.76. The van der Waals surface area contributed by atoms with E-state index in [1.54, 1.807) is 11.8 Å². The lowest BCUT2D eigenvalue weighted by Crippen LogP contribution is -2.04. The summed E-state index contributed by atoms with van der Waals surface area (Å²) in [5.74, 6) is 2.07. The predicted octanol–water partition coefficient (Wildman–Crippen LogP) is 3.49. The first-order valence-electron chi connectivity index (χ1n) is 4.53. The fourth-order valence-corrected chi connectivity index (χ4v) is 2.17. The Kier molecular flexibility index (Phi) is 3.38. The maximum Gasteiger partial charge on any atom is 0.107 e. The summed E-state index contributed by atoms with van der Waals surface area (Å²) in [5.41, 5.74) is 1.13. The van der Waals surface area contributed by atoms with Crippen molar-refractivity contribution in [3.05, 3.63) is 46.0 Å². The first kappa shape index (κ1) is 9.94. The topological polar surface area (TPSA) is 9.23 Å². The van der Waals surface area contributed by atoms with Crippen LogP contribution in [0.4, 0.5) is 0 Å². The van der Waals surface area contributed by atoms with Crippen molar-refractivity contribution in [2.24, 2.45) is 0 Å². The van der Waals surface area contributed by atoms with Gasteiger partial charge in [-0.05, 0) is 11.6 Å². The van der Waals surface area contributed by atoms with Crippen molar-refractivity contribution in [1.29, 1.82) is 0 Å². The Balaban J connectivity index is 2.10. The molecule has 0 unspecified atom stereocenters. The molecule has 1 aliphatic heterocycles. The molecule has 0 atom stereocenters. The Bertz CT molecular complexity index is 349. The van der Waals surface area contributed by atoms with Crippen LogP contribution in [0.2, 0.25) is 5.02 Å². The lowest BCUT2D eigenvalue weighted by molar-refractivity contribution is 0.224. The number of hydrogen-bond donors (Lipinski definition) is 0. The molecule has 3 heteroatoms.